The number of ether oxygens (including phenoxy) is 2. The van der Waals surface area contributed by atoms with Gasteiger partial charge in [-0.2, -0.15) is 4.98 Å². The van der Waals surface area contributed by atoms with E-state index in [9.17, 15) is 4.79 Å². The standard InChI is InChI=1S/C20H26N4O3/c1-14-11-18(27-3)23-20(22-14)24-9-7-16(8-10-24)19(25)21-13-15-5-4-6-17(12-15)26-2/h4-6,11-12,16H,7-10,13H2,1-3H3,(H,21,25). The molecule has 0 unspecified atom stereocenters. The molecule has 1 N–H and O–H groups in total. The van der Waals surface area contributed by atoms with Crippen LogP contribution >= 0.6 is 0 Å². The number of rotatable bonds is 6. The number of piperidine rings is 1. The van der Waals surface area contributed by atoms with Crippen molar-refractivity contribution in [1.29, 1.82) is 0 Å². The largest absolute Gasteiger partial charge is 0.497 e. The van der Waals surface area contributed by atoms with E-state index in [-0.39, 0.29) is 11.8 Å². The van der Waals surface area contributed by atoms with Crippen molar-refractivity contribution < 1.29 is 14.3 Å². The van der Waals surface area contributed by atoms with Gasteiger partial charge in [-0.25, -0.2) is 4.98 Å². The van der Waals surface area contributed by atoms with E-state index in [0.29, 0.717) is 18.4 Å². The van der Waals surface area contributed by atoms with Gasteiger partial charge in [0, 0.05) is 37.3 Å². The summed E-state index contributed by atoms with van der Waals surface area (Å²) in [6, 6.07) is 9.54. The van der Waals surface area contributed by atoms with Gasteiger partial charge >= 0.3 is 0 Å². The van der Waals surface area contributed by atoms with Crippen molar-refractivity contribution in [2.75, 3.05) is 32.2 Å². The molecule has 1 aliphatic heterocycles. The normalized spacial score (nSPS) is 14.7. The topological polar surface area (TPSA) is 76.6 Å². The van der Waals surface area contributed by atoms with E-state index in [2.05, 4.69) is 20.2 Å². The number of anilines is 1. The Labute approximate surface area is 159 Å². The molecule has 7 heteroatoms. The zero-order valence-electron chi connectivity index (χ0n) is 16.1. The first-order chi connectivity index (χ1) is 13.1. The van der Waals surface area contributed by atoms with Gasteiger partial charge in [-0.3, -0.25) is 4.79 Å². The fourth-order valence-corrected chi connectivity index (χ4v) is 3.23. The highest BCUT2D eigenvalue weighted by Gasteiger charge is 2.26. The fraction of sp³-hybridized carbons (Fsp3) is 0.450. The highest BCUT2D eigenvalue weighted by atomic mass is 16.5. The number of nitrogens with zero attached hydrogens (tertiary/aromatic N) is 3. The van der Waals surface area contributed by atoms with E-state index in [1.807, 2.05) is 37.3 Å². The van der Waals surface area contributed by atoms with Gasteiger partial charge in [0.15, 0.2) is 0 Å². The van der Waals surface area contributed by atoms with Gasteiger partial charge in [0.05, 0.1) is 14.2 Å². The molecule has 0 saturated carbocycles. The van der Waals surface area contributed by atoms with Crippen LogP contribution in [0.2, 0.25) is 0 Å². The molecule has 144 valence electrons. The average molecular weight is 370 g/mol. The summed E-state index contributed by atoms with van der Waals surface area (Å²) in [5, 5.41) is 3.04. The third-order valence-electron chi connectivity index (χ3n) is 4.78. The second-order valence-electron chi connectivity index (χ2n) is 6.68. The van der Waals surface area contributed by atoms with Gasteiger partial charge in [-0.05, 0) is 37.5 Å². The minimum Gasteiger partial charge on any atom is -0.497 e. The second kappa shape index (κ2) is 8.70. The molecule has 1 saturated heterocycles. The smallest absolute Gasteiger partial charge is 0.228 e. The Balaban J connectivity index is 1.52. The summed E-state index contributed by atoms with van der Waals surface area (Å²) in [7, 11) is 3.24. The molecule has 1 fully saturated rings. The number of hydrogen-bond acceptors (Lipinski definition) is 6. The van der Waals surface area contributed by atoms with Gasteiger partial charge in [0.25, 0.3) is 0 Å². The maximum Gasteiger partial charge on any atom is 0.228 e. The number of methoxy groups -OCH3 is 2. The van der Waals surface area contributed by atoms with Crippen LogP contribution in [-0.2, 0) is 11.3 Å². The third-order valence-corrected chi connectivity index (χ3v) is 4.78. The maximum atomic E-state index is 12.5. The Hall–Kier alpha value is -2.83. The summed E-state index contributed by atoms with van der Waals surface area (Å²) in [6.07, 6.45) is 1.56. The second-order valence-corrected chi connectivity index (χ2v) is 6.68. The molecule has 27 heavy (non-hydrogen) atoms. The predicted molar refractivity (Wildman–Crippen MR) is 103 cm³/mol. The fourth-order valence-electron chi connectivity index (χ4n) is 3.23. The van der Waals surface area contributed by atoms with Crippen molar-refractivity contribution in [3.63, 3.8) is 0 Å². The molecule has 2 heterocycles. The molecule has 2 aromatic rings. The van der Waals surface area contributed by atoms with Crippen LogP contribution in [0.5, 0.6) is 11.6 Å². The molecule has 0 aliphatic carbocycles. The first-order valence-electron chi connectivity index (χ1n) is 9.14. The number of amides is 1. The summed E-state index contributed by atoms with van der Waals surface area (Å²) in [6.45, 7) is 3.94. The number of nitrogens with one attached hydrogen (secondary N) is 1. The molecular formula is C20H26N4O3. The van der Waals surface area contributed by atoms with E-state index in [1.54, 1.807) is 14.2 Å². The molecule has 0 atom stereocenters. The molecule has 0 bridgehead atoms. The summed E-state index contributed by atoms with van der Waals surface area (Å²) in [5.41, 5.74) is 1.90. The van der Waals surface area contributed by atoms with Gasteiger partial charge in [0.1, 0.15) is 5.75 Å². The Morgan fingerprint density at radius 1 is 1.19 bits per heavy atom. The van der Waals surface area contributed by atoms with Crippen LogP contribution in [0.1, 0.15) is 24.1 Å². The Bertz CT molecular complexity index is 789. The maximum absolute atomic E-state index is 12.5. The van der Waals surface area contributed by atoms with Crippen molar-refractivity contribution >= 4 is 11.9 Å². The molecular weight excluding hydrogens is 344 g/mol. The molecule has 1 aliphatic rings. The van der Waals surface area contributed by atoms with E-state index in [1.165, 1.54) is 0 Å². The van der Waals surface area contributed by atoms with Crippen molar-refractivity contribution in [2.24, 2.45) is 5.92 Å². The first kappa shape index (κ1) is 18.9. The van der Waals surface area contributed by atoms with E-state index < -0.39 is 0 Å². The highest BCUT2D eigenvalue weighted by Crippen LogP contribution is 2.23. The van der Waals surface area contributed by atoms with Crippen LogP contribution in [0.3, 0.4) is 0 Å². The summed E-state index contributed by atoms with van der Waals surface area (Å²) in [5.74, 6) is 2.14. The van der Waals surface area contributed by atoms with Gasteiger partial charge in [-0.1, -0.05) is 12.1 Å². The van der Waals surface area contributed by atoms with Crippen LogP contribution in [0.4, 0.5) is 5.95 Å². The number of carbonyl (C=O) groups excluding carboxylic acids is 1. The minimum absolute atomic E-state index is 0.0126. The van der Waals surface area contributed by atoms with E-state index in [4.69, 9.17) is 9.47 Å². The van der Waals surface area contributed by atoms with Crippen molar-refractivity contribution in [3.05, 3.63) is 41.6 Å². The SMILES string of the molecule is COc1cccc(CNC(=O)C2CCN(c3nc(C)cc(OC)n3)CC2)c1. The lowest BCUT2D eigenvalue weighted by Gasteiger charge is -2.31. The molecule has 1 aromatic heterocycles. The van der Waals surface area contributed by atoms with Crippen LogP contribution < -0.4 is 19.7 Å². The van der Waals surface area contributed by atoms with Gasteiger partial charge in [0.2, 0.25) is 17.7 Å². The zero-order valence-corrected chi connectivity index (χ0v) is 16.1. The van der Waals surface area contributed by atoms with Crippen molar-refractivity contribution in [2.45, 2.75) is 26.3 Å². The van der Waals surface area contributed by atoms with Crippen LogP contribution in [-0.4, -0.2) is 43.2 Å². The van der Waals surface area contributed by atoms with Gasteiger partial charge < -0.3 is 19.7 Å². The first-order valence-corrected chi connectivity index (χ1v) is 9.14. The molecule has 3 rings (SSSR count). The number of aryl methyl sites for hydroxylation is 1. The Morgan fingerprint density at radius 3 is 2.67 bits per heavy atom. The third kappa shape index (κ3) is 4.87. The lowest BCUT2D eigenvalue weighted by Crippen LogP contribution is -2.41. The van der Waals surface area contributed by atoms with Crippen LogP contribution in [0, 0.1) is 12.8 Å². The molecule has 7 nitrogen and oxygen atoms in total. The number of hydrogen-bond donors (Lipinski definition) is 1. The highest BCUT2D eigenvalue weighted by molar-refractivity contribution is 5.79. The van der Waals surface area contributed by atoms with Crippen LogP contribution in [0.25, 0.3) is 0 Å². The lowest BCUT2D eigenvalue weighted by molar-refractivity contribution is -0.125. The quantitative estimate of drug-likeness (QED) is 0.841. The number of benzene rings is 1. The van der Waals surface area contributed by atoms with Crippen molar-refractivity contribution in [3.8, 4) is 11.6 Å². The molecule has 1 amide bonds. The molecule has 1 aromatic carbocycles. The zero-order chi connectivity index (χ0) is 19.2. The number of aromatic nitrogens is 2. The van der Waals surface area contributed by atoms with E-state index >= 15 is 0 Å². The summed E-state index contributed by atoms with van der Waals surface area (Å²) < 4.78 is 10.4. The summed E-state index contributed by atoms with van der Waals surface area (Å²) >= 11 is 0. The molecule has 0 radical (unpaired) electrons. The average Bonchev–Trinajstić information content (AvgIpc) is 2.71. The van der Waals surface area contributed by atoms with Crippen LogP contribution in [0.15, 0.2) is 30.3 Å². The van der Waals surface area contributed by atoms with E-state index in [0.717, 1.165) is 42.9 Å². The predicted octanol–water partition coefficient (Wildman–Crippen LogP) is 2.34. The minimum atomic E-state index is 0.0126. The van der Waals surface area contributed by atoms with Crippen molar-refractivity contribution in [1.82, 2.24) is 15.3 Å². The number of carbonyl (C=O) groups is 1. The summed E-state index contributed by atoms with van der Waals surface area (Å²) in [4.78, 5) is 23.5. The monoisotopic (exact) mass is 370 g/mol. The van der Waals surface area contributed by atoms with Gasteiger partial charge in [-0.15, -0.1) is 0 Å². The molecule has 0 spiro atoms. The lowest BCUT2D eigenvalue weighted by atomic mass is 9.96. The Kier molecular flexibility index (Phi) is 6.11. The Morgan fingerprint density at radius 2 is 1.96 bits per heavy atom.